The summed E-state index contributed by atoms with van der Waals surface area (Å²) >= 11 is 0. The van der Waals surface area contributed by atoms with Crippen molar-refractivity contribution < 1.29 is 9.53 Å². The zero-order valence-electron chi connectivity index (χ0n) is 9.06. The minimum absolute atomic E-state index is 0.368. The van der Waals surface area contributed by atoms with Gasteiger partial charge in [-0.1, -0.05) is 32.3 Å². The van der Waals surface area contributed by atoms with Crippen LogP contribution in [0.3, 0.4) is 0 Å². The number of ether oxygens (including phenoxy) is 1. The first kappa shape index (κ1) is 12.8. The molecule has 0 spiro atoms. The lowest BCUT2D eigenvalue weighted by Gasteiger charge is -1.96. The number of carbonyl (C=O) groups is 1. The number of carbonyl (C=O) groups excluding carboxylic acids is 1. The van der Waals surface area contributed by atoms with Crippen LogP contribution >= 0.6 is 0 Å². The molecule has 0 bridgehead atoms. The molecule has 0 saturated carbocycles. The van der Waals surface area contributed by atoms with Crippen molar-refractivity contribution in [3.8, 4) is 11.8 Å². The maximum atomic E-state index is 10.9. The van der Waals surface area contributed by atoms with Gasteiger partial charge in [0.25, 0.3) is 0 Å². The van der Waals surface area contributed by atoms with Gasteiger partial charge in [-0.3, -0.25) is 0 Å². The van der Waals surface area contributed by atoms with Crippen LogP contribution in [0.25, 0.3) is 0 Å². The first-order valence-corrected chi connectivity index (χ1v) is 4.94. The smallest absolute Gasteiger partial charge is 0.334 e. The van der Waals surface area contributed by atoms with Crippen LogP contribution in [0.15, 0.2) is 12.2 Å². The van der Waals surface area contributed by atoms with E-state index in [0.29, 0.717) is 12.0 Å². The van der Waals surface area contributed by atoms with Gasteiger partial charge in [0.15, 0.2) is 0 Å². The van der Waals surface area contributed by atoms with Crippen LogP contribution in [0, 0.1) is 11.8 Å². The third kappa shape index (κ3) is 6.30. The van der Waals surface area contributed by atoms with Gasteiger partial charge in [0, 0.05) is 18.4 Å². The maximum Gasteiger partial charge on any atom is 0.334 e. The highest BCUT2D eigenvalue weighted by Crippen LogP contribution is 2.00. The van der Waals surface area contributed by atoms with E-state index in [1.807, 2.05) is 0 Å². The highest BCUT2D eigenvalue weighted by molar-refractivity contribution is 5.88. The molecule has 0 aromatic heterocycles. The van der Waals surface area contributed by atoms with Crippen molar-refractivity contribution in [2.45, 2.75) is 39.0 Å². The molecule has 2 heteroatoms. The molecule has 0 radical (unpaired) electrons. The number of rotatable bonds is 5. The predicted molar refractivity (Wildman–Crippen MR) is 57.7 cm³/mol. The predicted octanol–water partition coefficient (Wildman–Crippen LogP) is 2.69. The molecule has 14 heavy (non-hydrogen) atoms. The monoisotopic (exact) mass is 194 g/mol. The van der Waals surface area contributed by atoms with E-state index in [-0.39, 0.29) is 5.97 Å². The normalized spacial score (nSPS) is 8.71. The second-order valence-electron chi connectivity index (χ2n) is 3.08. The summed E-state index contributed by atoms with van der Waals surface area (Å²) in [4.78, 5) is 10.9. The van der Waals surface area contributed by atoms with Gasteiger partial charge in [-0.25, -0.2) is 4.79 Å². The fraction of sp³-hybridized carbons (Fsp3) is 0.583. The van der Waals surface area contributed by atoms with Crippen molar-refractivity contribution in [2.75, 3.05) is 7.11 Å². The Hall–Kier alpha value is -1.23. The van der Waals surface area contributed by atoms with E-state index < -0.39 is 0 Å². The van der Waals surface area contributed by atoms with Gasteiger partial charge in [0.2, 0.25) is 0 Å². The number of unbranched alkanes of at least 4 members (excludes halogenated alkanes) is 3. The second kappa shape index (κ2) is 8.37. The van der Waals surface area contributed by atoms with Gasteiger partial charge in [-0.2, -0.15) is 0 Å². The molecule has 0 N–H and O–H groups in total. The van der Waals surface area contributed by atoms with Crippen molar-refractivity contribution in [1.82, 2.24) is 0 Å². The lowest BCUT2D eigenvalue weighted by Crippen LogP contribution is -2.02. The molecule has 0 amide bonds. The fourth-order valence-corrected chi connectivity index (χ4v) is 0.937. The molecule has 0 aromatic rings. The zero-order chi connectivity index (χ0) is 10.8. The van der Waals surface area contributed by atoms with Crippen LogP contribution < -0.4 is 0 Å². The number of hydrogen-bond acceptors (Lipinski definition) is 2. The minimum atomic E-state index is -0.368. The third-order valence-electron chi connectivity index (χ3n) is 1.81. The molecule has 2 nitrogen and oxygen atoms in total. The van der Waals surface area contributed by atoms with Crippen molar-refractivity contribution >= 4 is 5.97 Å². The molecule has 78 valence electrons. The van der Waals surface area contributed by atoms with E-state index in [0.717, 1.165) is 12.8 Å². The first-order chi connectivity index (χ1) is 6.72. The molecule has 0 rings (SSSR count). The van der Waals surface area contributed by atoms with E-state index >= 15 is 0 Å². The van der Waals surface area contributed by atoms with Crippen LogP contribution in [0.2, 0.25) is 0 Å². The van der Waals surface area contributed by atoms with E-state index in [1.165, 1.54) is 20.0 Å². The number of methoxy groups -OCH3 is 1. The highest BCUT2D eigenvalue weighted by Gasteiger charge is 2.02. The molecule has 0 aliphatic rings. The first-order valence-electron chi connectivity index (χ1n) is 4.94. The Morgan fingerprint density at radius 2 is 2.07 bits per heavy atom. The average molecular weight is 194 g/mol. The van der Waals surface area contributed by atoms with Crippen molar-refractivity contribution in [2.24, 2.45) is 0 Å². The van der Waals surface area contributed by atoms with Gasteiger partial charge in [0.1, 0.15) is 0 Å². The van der Waals surface area contributed by atoms with Crippen LogP contribution in [0.5, 0.6) is 0 Å². The average Bonchev–Trinajstić information content (AvgIpc) is 2.21. The van der Waals surface area contributed by atoms with E-state index in [4.69, 9.17) is 0 Å². The van der Waals surface area contributed by atoms with Crippen LogP contribution in [-0.2, 0) is 9.53 Å². The summed E-state index contributed by atoms with van der Waals surface area (Å²) in [6, 6.07) is 0. The molecular weight excluding hydrogens is 176 g/mol. The largest absolute Gasteiger partial charge is 0.466 e. The fourth-order valence-electron chi connectivity index (χ4n) is 0.937. The van der Waals surface area contributed by atoms with Gasteiger partial charge in [-0.15, -0.1) is 5.92 Å². The summed E-state index contributed by atoms with van der Waals surface area (Å²) in [6.07, 6.45) is 4.87. The molecular formula is C12H18O2. The lowest BCUT2D eigenvalue weighted by molar-refractivity contribution is -0.136. The van der Waals surface area contributed by atoms with Crippen molar-refractivity contribution in [3.05, 3.63) is 12.2 Å². The standard InChI is InChI=1S/C12H18O2/c1-4-5-6-7-8-9-10-11(2)12(13)14-3/h2,4-7,10H2,1,3H3. The number of esters is 1. The summed E-state index contributed by atoms with van der Waals surface area (Å²) in [7, 11) is 1.35. The van der Waals surface area contributed by atoms with E-state index in [1.54, 1.807) is 0 Å². The molecule has 0 aliphatic carbocycles. The Morgan fingerprint density at radius 1 is 1.36 bits per heavy atom. The quantitative estimate of drug-likeness (QED) is 0.291. The molecule has 0 heterocycles. The maximum absolute atomic E-state index is 10.9. The summed E-state index contributed by atoms with van der Waals surface area (Å²) in [5.41, 5.74) is 0.426. The minimum Gasteiger partial charge on any atom is -0.466 e. The topological polar surface area (TPSA) is 26.3 Å². The third-order valence-corrected chi connectivity index (χ3v) is 1.81. The summed E-state index contributed by atoms with van der Waals surface area (Å²) in [6.45, 7) is 5.74. The molecule has 0 aromatic carbocycles. The van der Waals surface area contributed by atoms with Gasteiger partial charge < -0.3 is 4.74 Å². The Balaban J connectivity index is 3.60. The molecule has 0 atom stereocenters. The summed E-state index contributed by atoms with van der Waals surface area (Å²) in [5, 5.41) is 0. The molecule has 0 unspecified atom stereocenters. The van der Waals surface area contributed by atoms with Crippen molar-refractivity contribution in [3.63, 3.8) is 0 Å². The van der Waals surface area contributed by atoms with Crippen LogP contribution in [-0.4, -0.2) is 13.1 Å². The lowest BCUT2D eigenvalue weighted by atomic mass is 10.2. The van der Waals surface area contributed by atoms with E-state index in [9.17, 15) is 4.79 Å². The molecule has 0 aliphatic heterocycles. The Kier molecular flexibility index (Phi) is 7.64. The summed E-state index contributed by atoms with van der Waals surface area (Å²) in [5.74, 6) is 5.55. The number of hydrogen-bond donors (Lipinski definition) is 0. The van der Waals surface area contributed by atoms with Gasteiger partial charge in [0.05, 0.1) is 7.11 Å². The zero-order valence-corrected chi connectivity index (χ0v) is 9.06. The second-order valence-corrected chi connectivity index (χ2v) is 3.08. The Morgan fingerprint density at radius 3 is 2.64 bits per heavy atom. The van der Waals surface area contributed by atoms with Crippen molar-refractivity contribution in [1.29, 1.82) is 0 Å². The highest BCUT2D eigenvalue weighted by atomic mass is 16.5. The van der Waals surface area contributed by atoms with E-state index in [2.05, 4.69) is 30.1 Å². The Labute approximate surface area is 86.3 Å². The van der Waals surface area contributed by atoms with Crippen LogP contribution in [0.4, 0.5) is 0 Å². The SMILES string of the molecule is C=C(CC#CCCCCC)C(=O)OC. The van der Waals surface area contributed by atoms with Gasteiger partial charge in [-0.05, 0) is 6.42 Å². The Bertz CT molecular complexity index is 243. The summed E-state index contributed by atoms with van der Waals surface area (Å²) < 4.78 is 4.50. The van der Waals surface area contributed by atoms with Gasteiger partial charge >= 0.3 is 5.97 Å². The molecule has 0 fully saturated rings. The molecule has 0 saturated heterocycles. The van der Waals surface area contributed by atoms with Crippen LogP contribution in [0.1, 0.15) is 39.0 Å².